The second kappa shape index (κ2) is 9.12. The van der Waals surface area contributed by atoms with Crippen LogP contribution in [0.3, 0.4) is 0 Å². The van der Waals surface area contributed by atoms with Crippen molar-refractivity contribution in [2.24, 2.45) is 5.16 Å². The maximum Gasteiger partial charge on any atom is 0.305 e. The van der Waals surface area contributed by atoms with E-state index in [2.05, 4.69) is 15.2 Å². The molecule has 1 heterocycles. The Morgan fingerprint density at radius 3 is 2.83 bits per heavy atom. The van der Waals surface area contributed by atoms with E-state index in [0.29, 0.717) is 36.3 Å². The van der Waals surface area contributed by atoms with Crippen molar-refractivity contribution in [2.75, 3.05) is 12.9 Å². The molecule has 24 heavy (non-hydrogen) atoms. The van der Waals surface area contributed by atoms with E-state index in [1.807, 2.05) is 12.1 Å². The van der Waals surface area contributed by atoms with Crippen molar-refractivity contribution in [3.05, 3.63) is 46.9 Å². The molecule has 0 unspecified atom stereocenters. The molecule has 1 amide bonds. The quantitative estimate of drug-likeness (QED) is 0.357. The predicted octanol–water partition coefficient (Wildman–Crippen LogP) is 2.59. The molecule has 1 saturated heterocycles. The van der Waals surface area contributed by atoms with Crippen LogP contribution in [0.5, 0.6) is 0 Å². The molecule has 1 atom stereocenters. The Morgan fingerprint density at radius 1 is 1.42 bits per heavy atom. The fraction of sp³-hybridized carbons (Fsp3) is 0.353. The molecular weight excluding hydrogens is 328 g/mol. The molecule has 2 N–H and O–H groups in total. The van der Waals surface area contributed by atoms with Gasteiger partial charge in [0.15, 0.2) is 0 Å². The fourth-order valence-corrected chi connectivity index (χ4v) is 3.46. The third-order valence-corrected chi connectivity index (χ3v) is 4.77. The smallest absolute Gasteiger partial charge is 0.305 e. The van der Waals surface area contributed by atoms with E-state index in [9.17, 15) is 14.8 Å². The van der Waals surface area contributed by atoms with Gasteiger partial charge in [-0.05, 0) is 25.0 Å². The first kappa shape index (κ1) is 18.1. The van der Waals surface area contributed by atoms with E-state index < -0.39 is 0 Å². The molecule has 0 spiro atoms. The summed E-state index contributed by atoms with van der Waals surface area (Å²) in [6, 6.07) is 8.57. The van der Waals surface area contributed by atoms with E-state index >= 15 is 0 Å². The molecule has 1 fully saturated rings. The Labute approximate surface area is 145 Å². The molecule has 0 aliphatic carbocycles. The Balaban J connectivity index is 1.92. The van der Waals surface area contributed by atoms with Gasteiger partial charge in [-0.15, -0.1) is 11.8 Å². The largest absolute Gasteiger partial charge is 0.469 e. The van der Waals surface area contributed by atoms with E-state index in [1.165, 1.54) is 18.9 Å². The lowest BCUT2D eigenvalue weighted by molar-refractivity contribution is -0.140. The van der Waals surface area contributed by atoms with Crippen molar-refractivity contribution < 1.29 is 19.5 Å². The number of ether oxygens (including phenoxy) is 1. The number of rotatable bonds is 6. The van der Waals surface area contributed by atoms with Crippen molar-refractivity contribution in [3.8, 4) is 0 Å². The van der Waals surface area contributed by atoms with Gasteiger partial charge in [0.2, 0.25) is 0 Å². The van der Waals surface area contributed by atoms with E-state index in [-0.39, 0.29) is 17.9 Å². The Hall–Kier alpha value is -2.28. The van der Waals surface area contributed by atoms with Gasteiger partial charge in [-0.25, -0.2) is 0 Å². The monoisotopic (exact) mass is 348 g/mol. The molecule has 0 radical (unpaired) electrons. The highest BCUT2D eigenvalue weighted by Gasteiger charge is 2.30. The van der Waals surface area contributed by atoms with Gasteiger partial charge >= 0.3 is 5.97 Å². The van der Waals surface area contributed by atoms with Crippen LogP contribution in [0.4, 0.5) is 0 Å². The number of esters is 1. The maximum absolute atomic E-state index is 12.2. The molecule has 0 aromatic heterocycles. The number of carbonyl (C=O) groups excluding carboxylic acids is 2. The lowest BCUT2D eigenvalue weighted by Gasteiger charge is -2.12. The van der Waals surface area contributed by atoms with Crippen LogP contribution in [0, 0.1) is 0 Å². The van der Waals surface area contributed by atoms with Crippen LogP contribution >= 0.6 is 11.8 Å². The molecule has 0 saturated carbocycles. The average molecular weight is 348 g/mol. The first-order valence-corrected chi connectivity index (χ1v) is 8.62. The molecule has 1 aliphatic rings. The molecular formula is C17H20N2O4S. The maximum atomic E-state index is 12.2. The lowest BCUT2D eigenvalue weighted by atomic mass is 10.1. The molecule has 6 nitrogen and oxygen atoms in total. The summed E-state index contributed by atoms with van der Waals surface area (Å²) in [6.07, 6.45) is 3.62. The summed E-state index contributed by atoms with van der Waals surface area (Å²) in [5.74, 6) is 0.173. The number of nitrogens with one attached hydrogen (secondary N) is 1. The third-order valence-electron chi connectivity index (χ3n) is 3.58. The van der Waals surface area contributed by atoms with Crippen LogP contribution < -0.4 is 5.32 Å². The Morgan fingerprint density at radius 2 is 2.17 bits per heavy atom. The van der Waals surface area contributed by atoms with Crippen LogP contribution in [0.25, 0.3) is 0 Å². The minimum atomic E-state index is -0.334. The van der Waals surface area contributed by atoms with Crippen LogP contribution in [0.15, 0.2) is 46.5 Å². The zero-order chi connectivity index (χ0) is 17.4. The summed E-state index contributed by atoms with van der Waals surface area (Å²) < 4.78 is 4.59. The number of benzene rings is 1. The third kappa shape index (κ3) is 4.86. The number of methoxy groups -OCH3 is 1. The molecule has 2 rings (SSSR count). The van der Waals surface area contributed by atoms with Crippen molar-refractivity contribution in [3.63, 3.8) is 0 Å². The van der Waals surface area contributed by atoms with Crippen LogP contribution in [-0.4, -0.2) is 41.7 Å². The van der Waals surface area contributed by atoms with Crippen LogP contribution in [0.2, 0.25) is 0 Å². The number of oxime groups is 1. The van der Waals surface area contributed by atoms with Crippen molar-refractivity contribution >= 4 is 29.4 Å². The number of hydrogen-bond donors (Lipinski definition) is 2. The zero-order valence-corrected chi connectivity index (χ0v) is 14.2. The summed E-state index contributed by atoms with van der Waals surface area (Å²) >= 11 is 1.52. The van der Waals surface area contributed by atoms with Gasteiger partial charge in [0, 0.05) is 22.6 Å². The van der Waals surface area contributed by atoms with Gasteiger partial charge in [-0.1, -0.05) is 29.4 Å². The average Bonchev–Trinajstić information content (AvgIpc) is 3.00. The van der Waals surface area contributed by atoms with Crippen molar-refractivity contribution in [1.82, 2.24) is 5.32 Å². The molecule has 1 aromatic rings. The molecule has 128 valence electrons. The standard InChI is InChI=1S/C17H20N2O4S/c1-23-15(20)10-6-5-9-14-16(19-22)13(11-24-14)18-17(21)12-7-3-2-4-8-12/h2-4,7-9,13,22H,5-6,10-11H2,1H3,(H,18,21)/b14-9-,19-16+/t13-/m0/s1. The first-order chi connectivity index (χ1) is 11.7. The van der Waals surface area contributed by atoms with Crippen molar-refractivity contribution in [1.29, 1.82) is 0 Å². The second-order valence-corrected chi connectivity index (χ2v) is 6.29. The number of carbonyl (C=O) groups is 2. The first-order valence-electron chi connectivity index (χ1n) is 7.63. The van der Waals surface area contributed by atoms with Crippen LogP contribution in [-0.2, 0) is 9.53 Å². The topological polar surface area (TPSA) is 88.0 Å². The SMILES string of the molecule is COC(=O)CCC/C=C1\SC[C@H](NC(=O)c2ccccc2)\C1=N/O. The summed E-state index contributed by atoms with van der Waals surface area (Å²) in [5, 5.41) is 15.5. The Kier molecular flexibility index (Phi) is 6.87. The Bertz CT molecular complexity index is 643. The number of amides is 1. The number of thioether (sulfide) groups is 1. The molecule has 0 bridgehead atoms. The number of nitrogens with zero attached hydrogens (tertiary/aromatic N) is 1. The van der Waals surface area contributed by atoms with Gasteiger partial charge in [0.25, 0.3) is 5.91 Å². The van der Waals surface area contributed by atoms with E-state index in [0.717, 1.165) is 4.91 Å². The predicted molar refractivity (Wildman–Crippen MR) is 93.3 cm³/mol. The normalized spacial score (nSPS) is 20.3. The minimum Gasteiger partial charge on any atom is -0.469 e. The van der Waals surface area contributed by atoms with Gasteiger partial charge in [-0.3, -0.25) is 9.59 Å². The lowest BCUT2D eigenvalue weighted by Crippen LogP contribution is -2.39. The highest BCUT2D eigenvalue weighted by Crippen LogP contribution is 2.29. The summed E-state index contributed by atoms with van der Waals surface area (Å²) in [6.45, 7) is 0. The summed E-state index contributed by atoms with van der Waals surface area (Å²) in [4.78, 5) is 24.1. The van der Waals surface area contributed by atoms with Gasteiger partial charge < -0.3 is 15.3 Å². The van der Waals surface area contributed by atoms with Crippen molar-refractivity contribution in [2.45, 2.75) is 25.3 Å². The minimum absolute atomic E-state index is 0.200. The van der Waals surface area contributed by atoms with E-state index in [4.69, 9.17) is 0 Å². The fourth-order valence-electron chi connectivity index (χ4n) is 2.30. The highest BCUT2D eigenvalue weighted by atomic mass is 32.2. The van der Waals surface area contributed by atoms with E-state index in [1.54, 1.807) is 24.3 Å². The number of allylic oxidation sites excluding steroid dienone is 1. The van der Waals surface area contributed by atoms with Crippen LogP contribution in [0.1, 0.15) is 29.6 Å². The summed E-state index contributed by atoms with van der Waals surface area (Å²) in [7, 11) is 1.37. The summed E-state index contributed by atoms with van der Waals surface area (Å²) in [5.41, 5.74) is 1.03. The zero-order valence-electron chi connectivity index (χ0n) is 13.4. The van der Waals surface area contributed by atoms with Gasteiger partial charge in [0.1, 0.15) is 5.71 Å². The molecule has 1 aromatic carbocycles. The van der Waals surface area contributed by atoms with Gasteiger partial charge in [-0.2, -0.15) is 0 Å². The number of hydrogen-bond acceptors (Lipinski definition) is 6. The molecule has 7 heteroatoms. The second-order valence-electron chi connectivity index (χ2n) is 5.23. The molecule has 1 aliphatic heterocycles. The van der Waals surface area contributed by atoms with Gasteiger partial charge in [0.05, 0.1) is 13.2 Å². The number of unbranched alkanes of at least 4 members (excludes halogenated alkanes) is 1. The highest BCUT2D eigenvalue weighted by molar-refractivity contribution is 8.04.